The molecule has 0 aliphatic heterocycles. The molecule has 2 rings (SSSR count). The van der Waals surface area contributed by atoms with E-state index >= 15 is 0 Å². The number of thiazole rings is 1. The summed E-state index contributed by atoms with van der Waals surface area (Å²) in [6, 6.07) is 0. The summed E-state index contributed by atoms with van der Waals surface area (Å²) in [6.45, 7) is 0.346. The smallest absolute Gasteiger partial charge is 0.271 e. The number of anilines is 1. The van der Waals surface area contributed by atoms with Crippen molar-refractivity contribution in [2.24, 2.45) is 0 Å². The van der Waals surface area contributed by atoms with E-state index in [1.807, 2.05) is 0 Å². The van der Waals surface area contributed by atoms with Crippen molar-refractivity contribution >= 4 is 23.1 Å². The summed E-state index contributed by atoms with van der Waals surface area (Å²) in [6.07, 6.45) is 1.58. The highest BCUT2D eigenvalue weighted by molar-refractivity contribution is 7.07. The molecule has 0 saturated carbocycles. The van der Waals surface area contributed by atoms with Gasteiger partial charge in [-0.1, -0.05) is 0 Å². The first-order valence-electron chi connectivity index (χ1n) is 4.21. The molecular formula is C8H9N5OS. The molecule has 0 aliphatic carbocycles. The van der Waals surface area contributed by atoms with Gasteiger partial charge in [0.1, 0.15) is 11.5 Å². The zero-order valence-electron chi connectivity index (χ0n) is 7.73. The maximum atomic E-state index is 11.5. The number of hydrogen-bond donors (Lipinski definition) is 3. The number of rotatable bonds is 3. The molecule has 0 spiro atoms. The van der Waals surface area contributed by atoms with Gasteiger partial charge < -0.3 is 11.1 Å². The number of H-pyrrole nitrogens is 1. The number of aromatic nitrogens is 3. The SMILES string of the molecule is Nc1[nH]ncc1CNC(=O)c1cscn1. The molecule has 7 heteroatoms. The van der Waals surface area contributed by atoms with Crippen LogP contribution in [-0.4, -0.2) is 21.1 Å². The lowest BCUT2D eigenvalue weighted by Gasteiger charge is -2.01. The van der Waals surface area contributed by atoms with Gasteiger partial charge in [-0.05, 0) is 0 Å². The first kappa shape index (κ1) is 9.66. The quantitative estimate of drug-likeness (QED) is 0.700. The first-order valence-corrected chi connectivity index (χ1v) is 5.16. The number of nitrogens with two attached hydrogens (primary N) is 1. The molecule has 0 unspecified atom stereocenters. The van der Waals surface area contributed by atoms with E-state index in [1.165, 1.54) is 11.3 Å². The number of carbonyl (C=O) groups is 1. The topological polar surface area (TPSA) is 96.7 Å². The Hall–Kier alpha value is -1.89. The molecule has 2 aromatic rings. The predicted octanol–water partition coefficient (Wildman–Crippen LogP) is 0.378. The molecule has 2 heterocycles. The molecule has 0 saturated heterocycles. The van der Waals surface area contributed by atoms with E-state index in [0.717, 1.165) is 5.56 Å². The third-order valence-electron chi connectivity index (χ3n) is 1.86. The highest BCUT2D eigenvalue weighted by Gasteiger charge is 2.08. The fraction of sp³-hybridized carbons (Fsp3) is 0.125. The molecule has 0 fully saturated rings. The second-order valence-electron chi connectivity index (χ2n) is 2.87. The van der Waals surface area contributed by atoms with Crippen molar-refractivity contribution in [2.75, 3.05) is 5.73 Å². The van der Waals surface area contributed by atoms with Gasteiger partial charge in [0.25, 0.3) is 5.91 Å². The Kier molecular flexibility index (Phi) is 2.64. The summed E-state index contributed by atoms with van der Waals surface area (Å²) in [5.41, 5.74) is 8.36. The van der Waals surface area contributed by atoms with Gasteiger partial charge in [-0.15, -0.1) is 11.3 Å². The number of nitrogens with one attached hydrogen (secondary N) is 2. The molecular weight excluding hydrogens is 214 g/mol. The summed E-state index contributed by atoms with van der Waals surface area (Å²) in [5.74, 6) is 0.255. The number of hydrogen-bond acceptors (Lipinski definition) is 5. The van der Waals surface area contributed by atoms with Crippen LogP contribution < -0.4 is 11.1 Å². The Balaban J connectivity index is 1.95. The molecule has 0 bridgehead atoms. The number of nitrogen functional groups attached to an aromatic ring is 1. The lowest BCUT2D eigenvalue weighted by atomic mass is 10.3. The maximum Gasteiger partial charge on any atom is 0.271 e. The molecule has 4 N–H and O–H groups in total. The van der Waals surface area contributed by atoms with Crippen LogP contribution >= 0.6 is 11.3 Å². The van der Waals surface area contributed by atoms with Crippen LogP contribution in [0, 0.1) is 0 Å². The molecule has 0 radical (unpaired) electrons. The van der Waals surface area contributed by atoms with Gasteiger partial charge in [-0.3, -0.25) is 9.89 Å². The van der Waals surface area contributed by atoms with E-state index in [2.05, 4.69) is 20.5 Å². The molecule has 15 heavy (non-hydrogen) atoms. The fourth-order valence-corrected chi connectivity index (χ4v) is 1.58. The normalized spacial score (nSPS) is 10.1. The Morgan fingerprint density at radius 1 is 1.67 bits per heavy atom. The fourth-order valence-electron chi connectivity index (χ4n) is 1.05. The van der Waals surface area contributed by atoms with Crippen LogP contribution in [0.1, 0.15) is 16.1 Å². The van der Waals surface area contributed by atoms with Crippen LogP contribution in [0.25, 0.3) is 0 Å². The minimum Gasteiger partial charge on any atom is -0.384 e. The van der Waals surface area contributed by atoms with Gasteiger partial charge in [0.15, 0.2) is 0 Å². The van der Waals surface area contributed by atoms with Crippen LogP contribution in [0.4, 0.5) is 5.82 Å². The van der Waals surface area contributed by atoms with Gasteiger partial charge in [0.05, 0.1) is 11.7 Å². The number of nitrogens with zero attached hydrogens (tertiary/aromatic N) is 2. The first-order chi connectivity index (χ1) is 7.27. The average molecular weight is 223 g/mol. The molecule has 0 aromatic carbocycles. The summed E-state index contributed by atoms with van der Waals surface area (Å²) in [7, 11) is 0. The maximum absolute atomic E-state index is 11.5. The number of carbonyl (C=O) groups excluding carboxylic acids is 1. The lowest BCUT2D eigenvalue weighted by Crippen LogP contribution is -2.23. The van der Waals surface area contributed by atoms with Crippen LogP contribution in [-0.2, 0) is 6.54 Å². The van der Waals surface area contributed by atoms with E-state index in [9.17, 15) is 4.79 Å². The van der Waals surface area contributed by atoms with Crippen molar-refractivity contribution in [3.8, 4) is 0 Å². The number of aromatic amines is 1. The monoisotopic (exact) mass is 223 g/mol. The van der Waals surface area contributed by atoms with Crippen molar-refractivity contribution < 1.29 is 4.79 Å². The molecule has 78 valence electrons. The van der Waals surface area contributed by atoms with Crippen LogP contribution in [0.3, 0.4) is 0 Å². The van der Waals surface area contributed by atoms with Crippen molar-refractivity contribution in [3.05, 3.63) is 28.3 Å². The third-order valence-corrected chi connectivity index (χ3v) is 2.44. The van der Waals surface area contributed by atoms with Gasteiger partial charge in [0.2, 0.25) is 0 Å². The second kappa shape index (κ2) is 4.09. The Bertz CT molecular complexity index is 449. The summed E-state index contributed by atoms with van der Waals surface area (Å²) in [4.78, 5) is 15.4. The summed E-state index contributed by atoms with van der Waals surface area (Å²) >= 11 is 1.38. The van der Waals surface area contributed by atoms with E-state index in [1.54, 1.807) is 17.1 Å². The standard InChI is InChI=1S/C8H9N5OS/c9-7-5(2-12-13-7)1-10-8(14)6-3-15-4-11-6/h2-4H,1H2,(H,10,14)(H3,9,12,13). The zero-order valence-corrected chi connectivity index (χ0v) is 8.54. The Morgan fingerprint density at radius 3 is 3.13 bits per heavy atom. The van der Waals surface area contributed by atoms with E-state index in [4.69, 9.17) is 5.73 Å². The van der Waals surface area contributed by atoms with Gasteiger partial charge in [-0.2, -0.15) is 5.10 Å². The van der Waals surface area contributed by atoms with Gasteiger partial charge in [0, 0.05) is 17.5 Å². The van der Waals surface area contributed by atoms with Crippen molar-refractivity contribution in [2.45, 2.75) is 6.54 Å². The van der Waals surface area contributed by atoms with Crippen molar-refractivity contribution in [1.29, 1.82) is 0 Å². The Morgan fingerprint density at radius 2 is 2.53 bits per heavy atom. The van der Waals surface area contributed by atoms with Crippen LogP contribution in [0.5, 0.6) is 0 Å². The van der Waals surface area contributed by atoms with Crippen molar-refractivity contribution in [1.82, 2.24) is 20.5 Å². The van der Waals surface area contributed by atoms with Crippen molar-refractivity contribution in [3.63, 3.8) is 0 Å². The second-order valence-corrected chi connectivity index (χ2v) is 3.58. The molecule has 0 aliphatic rings. The van der Waals surface area contributed by atoms with Crippen LogP contribution in [0.15, 0.2) is 17.1 Å². The molecule has 2 aromatic heterocycles. The summed E-state index contributed by atoms with van der Waals surface area (Å²) in [5, 5.41) is 10.7. The molecule has 1 amide bonds. The highest BCUT2D eigenvalue weighted by atomic mass is 32.1. The van der Waals surface area contributed by atoms with E-state index in [-0.39, 0.29) is 5.91 Å². The summed E-state index contributed by atoms with van der Waals surface area (Å²) < 4.78 is 0. The van der Waals surface area contributed by atoms with Gasteiger partial charge >= 0.3 is 0 Å². The minimum absolute atomic E-state index is 0.211. The molecule has 6 nitrogen and oxygen atoms in total. The Labute approximate surface area is 89.5 Å². The lowest BCUT2D eigenvalue weighted by molar-refractivity contribution is 0.0947. The number of amides is 1. The molecule has 0 atom stereocenters. The van der Waals surface area contributed by atoms with E-state index in [0.29, 0.717) is 18.1 Å². The predicted molar refractivity (Wildman–Crippen MR) is 56.3 cm³/mol. The van der Waals surface area contributed by atoms with E-state index < -0.39 is 0 Å². The highest BCUT2D eigenvalue weighted by Crippen LogP contribution is 2.06. The largest absolute Gasteiger partial charge is 0.384 e. The third kappa shape index (κ3) is 2.13. The van der Waals surface area contributed by atoms with Gasteiger partial charge in [-0.25, -0.2) is 4.98 Å². The average Bonchev–Trinajstić information content (AvgIpc) is 2.85. The van der Waals surface area contributed by atoms with Crippen LogP contribution in [0.2, 0.25) is 0 Å². The minimum atomic E-state index is -0.211. The zero-order chi connectivity index (χ0) is 10.7.